The van der Waals surface area contributed by atoms with Gasteiger partial charge in [0.1, 0.15) is 12.0 Å². The standard InChI is InChI=1S/C13H17Cl2NO2/c1-2-18-13-9-11(10-17)3-4-12(13)16(7-5-14)8-6-15/h3-4,9-10H,2,5-8H2,1H3. The molecule has 1 aromatic rings. The van der Waals surface area contributed by atoms with E-state index < -0.39 is 0 Å². The Bertz CT molecular complexity index is 379. The van der Waals surface area contributed by atoms with Crippen molar-refractivity contribution in [2.45, 2.75) is 6.92 Å². The minimum Gasteiger partial charge on any atom is -0.492 e. The average molecular weight is 290 g/mol. The molecule has 100 valence electrons. The van der Waals surface area contributed by atoms with E-state index in [2.05, 4.69) is 4.90 Å². The van der Waals surface area contributed by atoms with Crippen molar-refractivity contribution in [3.8, 4) is 5.75 Å². The Morgan fingerprint density at radius 1 is 1.28 bits per heavy atom. The van der Waals surface area contributed by atoms with Crippen molar-refractivity contribution in [1.29, 1.82) is 0 Å². The Labute approximate surface area is 118 Å². The number of carbonyl (C=O) groups is 1. The monoisotopic (exact) mass is 289 g/mol. The van der Waals surface area contributed by atoms with Crippen molar-refractivity contribution >= 4 is 35.2 Å². The normalized spacial score (nSPS) is 10.2. The first-order valence-corrected chi connectivity index (χ1v) is 6.92. The number of anilines is 1. The average Bonchev–Trinajstić information content (AvgIpc) is 2.39. The van der Waals surface area contributed by atoms with Gasteiger partial charge >= 0.3 is 0 Å². The molecule has 5 heteroatoms. The van der Waals surface area contributed by atoms with Gasteiger partial charge in [-0.05, 0) is 25.1 Å². The third-order valence-electron chi connectivity index (χ3n) is 2.47. The lowest BCUT2D eigenvalue weighted by molar-refractivity contribution is 0.112. The van der Waals surface area contributed by atoms with Crippen LogP contribution in [0, 0.1) is 0 Å². The summed E-state index contributed by atoms with van der Waals surface area (Å²) in [5.74, 6) is 1.72. The first kappa shape index (κ1) is 15.1. The number of aldehydes is 1. The molecule has 3 nitrogen and oxygen atoms in total. The van der Waals surface area contributed by atoms with Gasteiger partial charge in [-0.25, -0.2) is 0 Å². The van der Waals surface area contributed by atoms with Gasteiger partial charge in [0, 0.05) is 30.4 Å². The summed E-state index contributed by atoms with van der Waals surface area (Å²) < 4.78 is 5.57. The second kappa shape index (κ2) is 8.22. The van der Waals surface area contributed by atoms with Crippen molar-refractivity contribution < 1.29 is 9.53 Å². The van der Waals surface area contributed by atoms with Crippen LogP contribution < -0.4 is 9.64 Å². The molecule has 0 aromatic heterocycles. The van der Waals surface area contributed by atoms with E-state index in [1.54, 1.807) is 12.1 Å². The second-order valence-corrected chi connectivity index (χ2v) is 4.40. The largest absolute Gasteiger partial charge is 0.492 e. The summed E-state index contributed by atoms with van der Waals surface area (Å²) in [7, 11) is 0. The van der Waals surface area contributed by atoms with Crippen LogP contribution in [-0.4, -0.2) is 37.7 Å². The number of alkyl halides is 2. The van der Waals surface area contributed by atoms with Gasteiger partial charge in [0.2, 0.25) is 0 Å². The van der Waals surface area contributed by atoms with Crippen molar-refractivity contribution in [3.05, 3.63) is 23.8 Å². The zero-order chi connectivity index (χ0) is 13.4. The summed E-state index contributed by atoms with van der Waals surface area (Å²) in [6.07, 6.45) is 0.805. The van der Waals surface area contributed by atoms with Gasteiger partial charge in [-0.1, -0.05) is 0 Å². The Morgan fingerprint density at radius 3 is 2.44 bits per heavy atom. The summed E-state index contributed by atoms with van der Waals surface area (Å²) in [6.45, 7) is 3.83. The summed E-state index contributed by atoms with van der Waals surface area (Å²) >= 11 is 11.6. The molecule has 0 saturated heterocycles. The number of halogens is 2. The highest BCUT2D eigenvalue weighted by Gasteiger charge is 2.12. The van der Waals surface area contributed by atoms with E-state index in [1.807, 2.05) is 13.0 Å². The van der Waals surface area contributed by atoms with E-state index in [-0.39, 0.29) is 0 Å². The lowest BCUT2D eigenvalue weighted by Gasteiger charge is -2.25. The Hall–Kier alpha value is -0.930. The number of rotatable bonds is 8. The molecule has 0 saturated carbocycles. The van der Waals surface area contributed by atoms with Gasteiger partial charge in [0.25, 0.3) is 0 Å². The Balaban J connectivity index is 3.05. The number of ether oxygens (including phenoxy) is 1. The minimum atomic E-state index is 0.512. The first-order chi connectivity index (χ1) is 8.76. The van der Waals surface area contributed by atoms with Crippen LogP contribution in [0.5, 0.6) is 5.75 Å². The predicted octanol–water partition coefficient (Wildman–Crippen LogP) is 3.18. The molecule has 0 aliphatic heterocycles. The first-order valence-electron chi connectivity index (χ1n) is 5.85. The summed E-state index contributed by atoms with van der Waals surface area (Å²) in [6, 6.07) is 5.37. The van der Waals surface area contributed by atoms with Crippen LogP contribution in [0.1, 0.15) is 17.3 Å². The fourth-order valence-electron chi connectivity index (χ4n) is 1.69. The highest BCUT2D eigenvalue weighted by Crippen LogP contribution is 2.29. The van der Waals surface area contributed by atoms with Crippen LogP contribution in [0.3, 0.4) is 0 Å². The molecule has 0 radical (unpaired) electrons. The quantitative estimate of drug-likeness (QED) is 0.544. The second-order valence-electron chi connectivity index (χ2n) is 3.64. The maximum Gasteiger partial charge on any atom is 0.150 e. The lowest BCUT2D eigenvalue weighted by Crippen LogP contribution is -2.28. The van der Waals surface area contributed by atoms with Crippen molar-refractivity contribution in [3.63, 3.8) is 0 Å². The number of hydrogen-bond donors (Lipinski definition) is 0. The topological polar surface area (TPSA) is 29.5 Å². The summed E-state index contributed by atoms with van der Waals surface area (Å²) in [5, 5.41) is 0. The zero-order valence-electron chi connectivity index (χ0n) is 10.4. The molecule has 0 bridgehead atoms. The molecular weight excluding hydrogens is 273 g/mol. The van der Waals surface area contributed by atoms with Gasteiger partial charge in [0.15, 0.2) is 0 Å². The molecule has 0 N–H and O–H groups in total. The van der Waals surface area contributed by atoms with Crippen LogP contribution in [0.2, 0.25) is 0 Å². The maximum absolute atomic E-state index is 10.8. The van der Waals surface area contributed by atoms with E-state index in [0.29, 0.717) is 42.8 Å². The molecule has 0 atom stereocenters. The van der Waals surface area contributed by atoms with Crippen LogP contribution >= 0.6 is 23.2 Å². The van der Waals surface area contributed by atoms with Crippen LogP contribution in [0.15, 0.2) is 18.2 Å². The van der Waals surface area contributed by atoms with Crippen molar-refractivity contribution in [2.24, 2.45) is 0 Å². The predicted molar refractivity (Wildman–Crippen MR) is 76.7 cm³/mol. The third-order valence-corrected chi connectivity index (χ3v) is 2.81. The molecule has 0 spiro atoms. The molecule has 1 aromatic carbocycles. The van der Waals surface area contributed by atoms with Gasteiger partial charge in [-0.3, -0.25) is 4.79 Å². The SMILES string of the molecule is CCOc1cc(C=O)ccc1N(CCCl)CCCl. The fourth-order valence-corrected chi connectivity index (χ4v) is 2.10. The molecule has 0 amide bonds. The molecular formula is C13H17Cl2NO2. The molecule has 0 aliphatic rings. The van der Waals surface area contributed by atoms with E-state index >= 15 is 0 Å². The van der Waals surface area contributed by atoms with E-state index in [1.165, 1.54) is 0 Å². The third kappa shape index (κ3) is 4.07. The molecule has 0 heterocycles. The Morgan fingerprint density at radius 2 is 1.94 bits per heavy atom. The molecule has 0 unspecified atom stereocenters. The smallest absolute Gasteiger partial charge is 0.150 e. The van der Waals surface area contributed by atoms with Gasteiger partial charge < -0.3 is 9.64 Å². The van der Waals surface area contributed by atoms with Gasteiger partial charge in [-0.2, -0.15) is 0 Å². The van der Waals surface area contributed by atoms with Crippen LogP contribution in [0.25, 0.3) is 0 Å². The molecule has 18 heavy (non-hydrogen) atoms. The van der Waals surface area contributed by atoms with Gasteiger partial charge in [0.05, 0.1) is 12.3 Å². The zero-order valence-corrected chi connectivity index (χ0v) is 11.9. The molecule has 0 aliphatic carbocycles. The number of nitrogens with zero attached hydrogens (tertiary/aromatic N) is 1. The summed E-state index contributed by atoms with van der Waals surface area (Å²) in [4.78, 5) is 12.8. The number of hydrogen-bond acceptors (Lipinski definition) is 3. The van der Waals surface area contributed by atoms with E-state index in [9.17, 15) is 4.79 Å². The lowest BCUT2D eigenvalue weighted by atomic mass is 10.2. The highest BCUT2D eigenvalue weighted by molar-refractivity contribution is 6.18. The van der Waals surface area contributed by atoms with Crippen LogP contribution in [-0.2, 0) is 0 Å². The fraction of sp³-hybridized carbons (Fsp3) is 0.462. The maximum atomic E-state index is 10.8. The highest BCUT2D eigenvalue weighted by atomic mass is 35.5. The molecule has 1 rings (SSSR count). The van der Waals surface area contributed by atoms with E-state index in [0.717, 1.165) is 12.0 Å². The van der Waals surface area contributed by atoms with Gasteiger partial charge in [-0.15, -0.1) is 23.2 Å². The number of benzene rings is 1. The van der Waals surface area contributed by atoms with E-state index in [4.69, 9.17) is 27.9 Å². The number of carbonyl (C=O) groups excluding carboxylic acids is 1. The minimum absolute atomic E-state index is 0.512. The summed E-state index contributed by atoms with van der Waals surface area (Å²) in [5.41, 5.74) is 1.52. The van der Waals surface area contributed by atoms with Crippen LogP contribution in [0.4, 0.5) is 5.69 Å². The van der Waals surface area contributed by atoms with Crippen molar-refractivity contribution in [2.75, 3.05) is 36.4 Å². The van der Waals surface area contributed by atoms with Crippen molar-refractivity contribution in [1.82, 2.24) is 0 Å². The Kier molecular flexibility index (Phi) is 6.91. The molecule has 0 fully saturated rings.